The van der Waals surface area contributed by atoms with Crippen molar-refractivity contribution in [2.24, 2.45) is 0 Å². The fourth-order valence-electron chi connectivity index (χ4n) is 1.53. The molecule has 1 aromatic rings. The van der Waals surface area contributed by atoms with E-state index in [9.17, 15) is 13.2 Å². The fraction of sp³-hybridized carbons (Fsp3) is 0.500. The highest BCUT2D eigenvalue weighted by Crippen LogP contribution is 2.36. The smallest absolute Gasteiger partial charge is 0.420 e. The highest BCUT2D eigenvalue weighted by atomic mass is 19.4. The molecule has 0 atom stereocenters. The zero-order valence-corrected chi connectivity index (χ0v) is 11.6. The SMILES string of the molecule is CC(C)(C)NCCOc1ccc(C#N)cc1C(F)(F)F. The molecule has 0 fully saturated rings. The molecule has 110 valence electrons. The molecule has 0 amide bonds. The van der Waals surface area contributed by atoms with E-state index in [1.54, 1.807) is 6.07 Å². The summed E-state index contributed by atoms with van der Waals surface area (Å²) >= 11 is 0. The van der Waals surface area contributed by atoms with Crippen molar-refractivity contribution in [2.75, 3.05) is 13.2 Å². The Kier molecular flexibility index (Phi) is 5.01. The van der Waals surface area contributed by atoms with Gasteiger partial charge in [-0.15, -0.1) is 0 Å². The number of hydrogen-bond acceptors (Lipinski definition) is 3. The standard InChI is InChI=1S/C14H17F3N2O/c1-13(2,3)19-6-7-20-12-5-4-10(9-18)8-11(12)14(15,16)17/h4-5,8,19H,6-7H2,1-3H3. The third kappa shape index (κ3) is 5.10. The van der Waals surface area contributed by atoms with E-state index in [-0.39, 0.29) is 23.5 Å². The van der Waals surface area contributed by atoms with Crippen molar-refractivity contribution in [3.8, 4) is 11.8 Å². The van der Waals surface area contributed by atoms with Gasteiger partial charge in [0.15, 0.2) is 0 Å². The maximum atomic E-state index is 12.9. The van der Waals surface area contributed by atoms with Gasteiger partial charge in [-0.25, -0.2) is 0 Å². The number of nitrogens with zero attached hydrogens (tertiary/aromatic N) is 1. The molecule has 0 heterocycles. The molecular formula is C14H17F3N2O. The Morgan fingerprint density at radius 2 is 1.90 bits per heavy atom. The molecule has 1 N–H and O–H groups in total. The second-order valence-corrected chi connectivity index (χ2v) is 5.35. The number of hydrogen-bond donors (Lipinski definition) is 1. The summed E-state index contributed by atoms with van der Waals surface area (Å²) in [5.41, 5.74) is -1.09. The molecule has 1 aromatic carbocycles. The monoisotopic (exact) mass is 286 g/mol. The van der Waals surface area contributed by atoms with Gasteiger partial charge >= 0.3 is 6.18 Å². The molecule has 0 spiro atoms. The van der Waals surface area contributed by atoms with Crippen LogP contribution in [0.1, 0.15) is 31.9 Å². The molecule has 1 rings (SSSR count). The van der Waals surface area contributed by atoms with Gasteiger partial charge < -0.3 is 10.1 Å². The molecule has 0 bridgehead atoms. The predicted molar refractivity (Wildman–Crippen MR) is 69.4 cm³/mol. The van der Waals surface area contributed by atoms with E-state index in [1.807, 2.05) is 20.8 Å². The number of alkyl halides is 3. The summed E-state index contributed by atoms with van der Waals surface area (Å²) in [5, 5.41) is 11.8. The second kappa shape index (κ2) is 6.14. The minimum atomic E-state index is -4.54. The van der Waals surface area contributed by atoms with Crippen LogP contribution in [0, 0.1) is 11.3 Å². The zero-order chi connectivity index (χ0) is 15.4. The highest BCUT2D eigenvalue weighted by molar-refractivity contribution is 5.43. The van der Waals surface area contributed by atoms with Crippen LogP contribution in [0.4, 0.5) is 13.2 Å². The third-order valence-corrected chi connectivity index (χ3v) is 2.43. The van der Waals surface area contributed by atoms with Gasteiger partial charge in [0, 0.05) is 12.1 Å². The predicted octanol–water partition coefficient (Wildman–Crippen LogP) is 3.34. The van der Waals surface area contributed by atoms with Crippen LogP contribution in [-0.2, 0) is 6.18 Å². The number of nitriles is 1. The molecule has 0 aromatic heterocycles. The minimum Gasteiger partial charge on any atom is -0.492 e. The Balaban J connectivity index is 2.78. The van der Waals surface area contributed by atoms with E-state index in [0.29, 0.717) is 6.54 Å². The highest BCUT2D eigenvalue weighted by Gasteiger charge is 2.34. The summed E-state index contributed by atoms with van der Waals surface area (Å²) in [6, 6.07) is 4.97. The Morgan fingerprint density at radius 1 is 1.25 bits per heavy atom. The van der Waals surface area contributed by atoms with Crippen LogP contribution >= 0.6 is 0 Å². The summed E-state index contributed by atoms with van der Waals surface area (Å²) in [6.45, 7) is 6.41. The van der Waals surface area contributed by atoms with Gasteiger partial charge in [0.05, 0.1) is 17.2 Å². The lowest BCUT2D eigenvalue weighted by molar-refractivity contribution is -0.139. The topological polar surface area (TPSA) is 45.0 Å². The molecule has 0 radical (unpaired) electrons. The van der Waals surface area contributed by atoms with Crippen molar-refractivity contribution in [2.45, 2.75) is 32.5 Å². The van der Waals surface area contributed by atoms with Crippen LogP contribution in [0.5, 0.6) is 5.75 Å². The number of rotatable bonds is 4. The average Bonchev–Trinajstić information content (AvgIpc) is 2.32. The van der Waals surface area contributed by atoms with E-state index in [1.165, 1.54) is 12.1 Å². The van der Waals surface area contributed by atoms with Crippen molar-refractivity contribution in [3.05, 3.63) is 29.3 Å². The van der Waals surface area contributed by atoms with Gasteiger partial charge in [0.2, 0.25) is 0 Å². The molecule has 3 nitrogen and oxygen atoms in total. The van der Waals surface area contributed by atoms with Gasteiger partial charge in [0.25, 0.3) is 0 Å². The quantitative estimate of drug-likeness (QED) is 0.863. The van der Waals surface area contributed by atoms with Crippen LogP contribution in [0.15, 0.2) is 18.2 Å². The lowest BCUT2D eigenvalue weighted by Crippen LogP contribution is -2.38. The van der Waals surface area contributed by atoms with Crippen LogP contribution in [0.2, 0.25) is 0 Å². The molecule has 6 heteroatoms. The van der Waals surface area contributed by atoms with E-state index in [4.69, 9.17) is 10.00 Å². The van der Waals surface area contributed by atoms with Crippen molar-refractivity contribution in [3.63, 3.8) is 0 Å². The Bertz CT molecular complexity index is 499. The van der Waals surface area contributed by atoms with Crippen LogP contribution in [0.25, 0.3) is 0 Å². The molecular weight excluding hydrogens is 269 g/mol. The number of halogens is 3. The maximum Gasteiger partial charge on any atom is 0.420 e. The van der Waals surface area contributed by atoms with Crippen molar-refractivity contribution >= 4 is 0 Å². The molecule has 0 aliphatic carbocycles. The normalized spacial score (nSPS) is 12.1. The average molecular weight is 286 g/mol. The summed E-state index contributed by atoms with van der Waals surface area (Å²) < 4.78 is 43.7. The summed E-state index contributed by atoms with van der Waals surface area (Å²) in [5.74, 6) is -0.257. The van der Waals surface area contributed by atoms with E-state index >= 15 is 0 Å². The first-order chi connectivity index (χ1) is 9.13. The lowest BCUT2D eigenvalue weighted by atomic mass is 10.1. The van der Waals surface area contributed by atoms with Gasteiger partial charge in [-0.05, 0) is 39.0 Å². The first kappa shape index (κ1) is 16.3. The van der Waals surface area contributed by atoms with Gasteiger partial charge in [-0.1, -0.05) is 0 Å². The minimum absolute atomic E-state index is 0.0440. The summed E-state index contributed by atoms with van der Waals surface area (Å²) in [4.78, 5) is 0. The Labute approximate surface area is 116 Å². The zero-order valence-electron chi connectivity index (χ0n) is 11.6. The first-order valence-electron chi connectivity index (χ1n) is 6.12. The van der Waals surface area contributed by atoms with Crippen molar-refractivity contribution in [1.29, 1.82) is 5.26 Å². The molecule has 0 aliphatic rings. The largest absolute Gasteiger partial charge is 0.492 e. The Morgan fingerprint density at radius 3 is 2.40 bits per heavy atom. The van der Waals surface area contributed by atoms with Crippen LogP contribution < -0.4 is 10.1 Å². The van der Waals surface area contributed by atoms with Crippen molar-refractivity contribution < 1.29 is 17.9 Å². The lowest BCUT2D eigenvalue weighted by Gasteiger charge is -2.21. The molecule has 0 saturated carbocycles. The number of nitrogens with one attached hydrogen (secondary N) is 1. The van der Waals surface area contributed by atoms with Gasteiger partial charge in [0.1, 0.15) is 12.4 Å². The Hall–Kier alpha value is -1.74. The van der Waals surface area contributed by atoms with Gasteiger partial charge in [-0.3, -0.25) is 0 Å². The fourth-order valence-corrected chi connectivity index (χ4v) is 1.53. The van der Waals surface area contributed by atoms with E-state index in [2.05, 4.69) is 5.32 Å². The molecule has 0 unspecified atom stereocenters. The van der Waals surface area contributed by atoms with E-state index in [0.717, 1.165) is 6.07 Å². The summed E-state index contributed by atoms with van der Waals surface area (Å²) in [7, 11) is 0. The second-order valence-electron chi connectivity index (χ2n) is 5.35. The van der Waals surface area contributed by atoms with Crippen LogP contribution in [0.3, 0.4) is 0 Å². The molecule has 0 aliphatic heterocycles. The van der Waals surface area contributed by atoms with Gasteiger partial charge in [-0.2, -0.15) is 18.4 Å². The number of ether oxygens (including phenoxy) is 1. The first-order valence-corrected chi connectivity index (χ1v) is 6.12. The maximum absolute atomic E-state index is 12.9. The van der Waals surface area contributed by atoms with Crippen molar-refractivity contribution in [1.82, 2.24) is 5.32 Å². The van der Waals surface area contributed by atoms with E-state index < -0.39 is 11.7 Å². The molecule has 20 heavy (non-hydrogen) atoms. The summed E-state index contributed by atoms with van der Waals surface area (Å²) in [6.07, 6.45) is -4.54. The molecule has 0 saturated heterocycles. The third-order valence-electron chi connectivity index (χ3n) is 2.43. The number of benzene rings is 1. The van der Waals surface area contributed by atoms with Crippen LogP contribution in [-0.4, -0.2) is 18.7 Å².